The first kappa shape index (κ1) is 12.2. The highest BCUT2D eigenvalue weighted by Gasteiger charge is 2.44. The molecule has 1 fully saturated rings. The third kappa shape index (κ3) is 1.86. The van der Waals surface area contributed by atoms with Gasteiger partial charge in [0, 0.05) is 23.3 Å². The van der Waals surface area contributed by atoms with E-state index in [0.717, 1.165) is 12.2 Å². The van der Waals surface area contributed by atoms with Crippen molar-refractivity contribution in [1.29, 1.82) is 0 Å². The molecule has 1 aliphatic carbocycles. The minimum atomic E-state index is -0.0733. The van der Waals surface area contributed by atoms with Crippen molar-refractivity contribution in [2.45, 2.75) is 39.0 Å². The van der Waals surface area contributed by atoms with Gasteiger partial charge in [-0.3, -0.25) is 4.79 Å². The van der Waals surface area contributed by atoms with Crippen LogP contribution >= 0.6 is 0 Å². The lowest BCUT2D eigenvalue weighted by Gasteiger charge is -2.30. The minimum absolute atomic E-state index is 0.0733. The van der Waals surface area contributed by atoms with Crippen LogP contribution in [0.25, 0.3) is 0 Å². The van der Waals surface area contributed by atoms with Crippen LogP contribution in [0.5, 0.6) is 5.75 Å². The van der Waals surface area contributed by atoms with Crippen LogP contribution in [0.15, 0.2) is 18.2 Å². The fraction of sp³-hybridized carbons (Fsp3) is 0.533. The summed E-state index contributed by atoms with van der Waals surface area (Å²) in [7, 11) is 1.70. The Balaban J connectivity index is 2.50. The van der Waals surface area contributed by atoms with Crippen molar-refractivity contribution in [1.82, 2.24) is 0 Å². The molecule has 1 aromatic carbocycles. The molecule has 1 aliphatic rings. The van der Waals surface area contributed by atoms with E-state index in [1.807, 2.05) is 6.92 Å². The maximum absolute atomic E-state index is 11.8. The summed E-state index contributed by atoms with van der Waals surface area (Å²) in [6, 6.07) is 6.26. The van der Waals surface area contributed by atoms with Gasteiger partial charge in [-0.2, -0.15) is 0 Å². The molecule has 1 aromatic rings. The molecule has 92 valence electrons. The quantitative estimate of drug-likeness (QED) is 0.782. The van der Waals surface area contributed by atoms with Gasteiger partial charge in [-0.25, -0.2) is 0 Å². The van der Waals surface area contributed by atoms with E-state index in [4.69, 9.17) is 4.74 Å². The molecular formula is C15H20O2. The zero-order chi connectivity index (χ0) is 12.6. The van der Waals surface area contributed by atoms with Crippen LogP contribution in [0.3, 0.4) is 0 Å². The number of aryl methyl sites for hydroxylation is 1. The Bertz CT molecular complexity index is 450. The topological polar surface area (TPSA) is 26.3 Å². The lowest BCUT2D eigenvalue weighted by atomic mass is 9.74. The molecule has 0 aromatic heterocycles. The van der Waals surface area contributed by atoms with Crippen LogP contribution in [0.4, 0.5) is 0 Å². The Hall–Kier alpha value is -1.31. The summed E-state index contributed by atoms with van der Waals surface area (Å²) in [6.45, 7) is 6.27. The molecule has 2 rings (SSSR count). The van der Waals surface area contributed by atoms with Crippen LogP contribution in [0.2, 0.25) is 0 Å². The van der Waals surface area contributed by atoms with E-state index < -0.39 is 0 Å². The van der Waals surface area contributed by atoms with Gasteiger partial charge >= 0.3 is 0 Å². The van der Waals surface area contributed by atoms with Gasteiger partial charge < -0.3 is 4.74 Å². The SMILES string of the molecule is COc1cc(C)ccc1[C@]1(C)CCC(=O)[C@@H]1C. The van der Waals surface area contributed by atoms with E-state index in [1.165, 1.54) is 11.1 Å². The summed E-state index contributed by atoms with van der Waals surface area (Å²) in [5, 5.41) is 0. The summed E-state index contributed by atoms with van der Waals surface area (Å²) in [5.74, 6) is 1.36. The van der Waals surface area contributed by atoms with Crippen LogP contribution < -0.4 is 4.74 Å². The molecule has 0 N–H and O–H groups in total. The molecule has 0 radical (unpaired) electrons. The number of methoxy groups -OCH3 is 1. The second-order valence-corrected chi connectivity index (χ2v) is 5.31. The standard InChI is InChI=1S/C15H20O2/c1-10-5-6-12(14(9-10)17-4)15(3)8-7-13(16)11(15)2/h5-6,9,11H,7-8H2,1-4H3/t11-,15+/m0/s1. The molecule has 0 unspecified atom stereocenters. The van der Waals surface area contributed by atoms with Crippen LogP contribution in [0, 0.1) is 12.8 Å². The third-order valence-electron chi connectivity index (χ3n) is 4.30. The number of ketones is 1. The summed E-state index contributed by atoms with van der Waals surface area (Å²) < 4.78 is 5.48. The van der Waals surface area contributed by atoms with E-state index in [0.29, 0.717) is 12.2 Å². The molecule has 0 bridgehead atoms. The molecule has 1 saturated carbocycles. The zero-order valence-corrected chi connectivity index (χ0v) is 11.0. The lowest BCUT2D eigenvalue weighted by molar-refractivity contribution is -0.120. The van der Waals surface area contributed by atoms with Crippen molar-refractivity contribution in [3.63, 3.8) is 0 Å². The van der Waals surface area contributed by atoms with E-state index in [1.54, 1.807) is 7.11 Å². The van der Waals surface area contributed by atoms with Crippen molar-refractivity contribution in [2.75, 3.05) is 7.11 Å². The molecule has 0 heterocycles. The van der Waals surface area contributed by atoms with Gasteiger partial charge in [0.25, 0.3) is 0 Å². The fourth-order valence-corrected chi connectivity index (χ4v) is 2.81. The van der Waals surface area contributed by atoms with E-state index in [9.17, 15) is 4.79 Å². The maximum atomic E-state index is 11.8. The molecule has 0 spiro atoms. The summed E-state index contributed by atoms with van der Waals surface area (Å²) in [4.78, 5) is 11.8. The Morgan fingerprint density at radius 3 is 2.65 bits per heavy atom. The first-order valence-electron chi connectivity index (χ1n) is 6.17. The number of hydrogen-bond acceptors (Lipinski definition) is 2. The molecule has 0 saturated heterocycles. The van der Waals surface area contributed by atoms with E-state index in [-0.39, 0.29) is 11.3 Å². The van der Waals surface area contributed by atoms with Gasteiger partial charge in [0.15, 0.2) is 0 Å². The van der Waals surface area contributed by atoms with Crippen LogP contribution in [-0.4, -0.2) is 12.9 Å². The average molecular weight is 232 g/mol. The number of carbonyl (C=O) groups excluding carboxylic acids is 1. The number of carbonyl (C=O) groups is 1. The summed E-state index contributed by atoms with van der Waals surface area (Å²) in [5.41, 5.74) is 2.28. The maximum Gasteiger partial charge on any atom is 0.136 e. The van der Waals surface area contributed by atoms with Gasteiger partial charge in [-0.05, 0) is 25.0 Å². The monoisotopic (exact) mass is 232 g/mol. The fourth-order valence-electron chi connectivity index (χ4n) is 2.81. The van der Waals surface area contributed by atoms with Gasteiger partial charge in [-0.1, -0.05) is 26.0 Å². The Morgan fingerprint density at radius 2 is 2.12 bits per heavy atom. The number of Topliss-reactive ketones (excluding diaryl/α,β-unsaturated/α-hetero) is 1. The number of benzene rings is 1. The molecular weight excluding hydrogens is 212 g/mol. The lowest BCUT2D eigenvalue weighted by Crippen LogP contribution is -2.28. The van der Waals surface area contributed by atoms with Crippen molar-refractivity contribution in [3.05, 3.63) is 29.3 Å². The summed E-state index contributed by atoms with van der Waals surface area (Å²) in [6.07, 6.45) is 1.61. The van der Waals surface area contributed by atoms with Crippen molar-refractivity contribution < 1.29 is 9.53 Å². The molecule has 2 heteroatoms. The Morgan fingerprint density at radius 1 is 1.41 bits per heavy atom. The largest absolute Gasteiger partial charge is 0.496 e. The predicted octanol–water partition coefficient (Wildman–Crippen LogP) is 3.26. The first-order valence-corrected chi connectivity index (χ1v) is 6.17. The molecule has 2 atom stereocenters. The van der Waals surface area contributed by atoms with Gasteiger partial charge in [0.05, 0.1) is 7.11 Å². The van der Waals surface area contributed by atoms with Crippen molar-refractivity contribution in [3.8, 4) is 5.75 Å². The average Bonchev–Trinajstić information content (AvgIpc) is 2.58. The highest BCUT2D eigenvalue weighted by Crippen LogP contribution is 2.46. The third-order valence-corrected chi connectivity index (χ3v) is 4.30. The van der Waals surface area contributed by atoms with Crippen molar-refractivity contribution in [2.24, 2.45) is 5.92 Å². The first-order chi connectivity index (χ1) is 7.99. The second kappa shape index (κ2) is 4.17. The van der Waals surface area contributed by atoms with Crippen molar-refractivity contribution >= 4 is 5.78 Å². The van der Waals surface area contributed by atoms with Crippen LogP contribution in [0.1, 0.15) is 37.8 Å². The number of rotatable bonds is 2. The molecule has 0 amide bonds. The number of ether oxygens (including phenoxy) is 1. The minimum Gasteiger partial charge on any atom is -0.496 e. The zero-order valence-electron chi connectivity index (χ0n) is 11.0. The second-order valence-electron chi connectivity index (χ2n) is 5.31. The summed E-state index contributed by atoms with van der Waals surface area (Å²) >= 11 is 0. The molecule has 17 heavy (non-hydrogen) atoms. The predicted molar refractivity (Wildman–Crippen MR) is 68.5 cm³/mol. The Labute approximate surface area is 103 Å². The Kier molecular flexibility index (Phi) is 2.98. The van der Waals surface area contributed by atoms with E-state index in [2.05, 4.69) is 32.0 Å². The highest BCUT2D eigenvalue weighted by atomic mass is 16.5. The van der Waals surface area contributed by atoms with Gasteiger partial charge in [0.1, 0.15) is 11.5 Å². The normalized spacial score (nSPS) is 28.5. The van der Waals surface area contributed by atoms with Gasteiger partial charge in [-0.15, -0.1) is 0 Å². The highest BCUT2D eigenvalue weighted by molar-refractivity contribution is 5.85. The molecule has 2 nitrogen and oxygen atoms in total. The van der Waals surface area contributed by atoms with Crippen LogP contribution in [-0.2, 0) is 10.2 Å². The van der Waals surface area contributed by atoms with E-state index >= 15 is 0 Å². The van der Waals surface area contributed by atoms with Gasteiger partial charge in [0.2, 0.25) is 0 Å². The smallest absolute Gasteiger partial charge is 0.136 e. The molecule has 0 aliphatic heterocycles. The number of hydrogen-bond donors (Lipinski definition) is 0.